The van der Waals surface area contributed by atoms with Gasteiger partial charge in [0.1, 0.15) is 0 Å². The molecule has 0 amide bonds. The topological polar surface area (TPSA) is 3.24 Å². The van der Waals surface area contributed by atoms with E-state index in [1.54, 1.807) is 0 Å². The Hall–Kier alpha value is -2.32. The summed E-state index contributed by atoms with van der Waals surface area (Å²) in [5.74, 6) is 0. The Bertz CT molecular complexity index is 623. The van der Waals surface area contributed by atoms with Crippen LogP contribution in [-0.2, 0) is 0 Å². The third-order valence-electron chi connectivity index (χ3n) is 3.12. The molecular weight excluding hydrogens is 262 g/mol. The lowest BCUT2D eigenvalue weighted by molar-refractivity contribution is 1.27. The van der Waals surface area contributed by atoms with Gasteiger partial charge in [0.2, 0.25) is 0 Å². The smallest absolute Gasteiger partial charge is 0.0462 e. The molecule has 3 rings (SSSR count). The normalized spacial score (nSPS) is 10.2. The Morgan fingerprint density at radius 2 is 0.900 bits per heavy atom. The van der Waals surface area contributed by atoms with Crippen LogP contribution in [0.25, 0.3) is 0 Å². The summed E-state index contributed by atoms with van der Waals surface area (Å²) in [6, 6.07) is 28.7. The van der Waals surface area contributed by atoms with Crippen molar-refractivity contribution in [3.05, 3.63) is 84.9 Å². The first kappa shape index (κ1) is 12.7. The van der Waals surface area contributed by atoms with Crippen molar-refractivity contribution in [2.24, 2.45) is 0 Å². The number of hydrogen-bond donors (Lipinski definition) is 0. The highest BCUT2D eigenvalue weighted by Gasteiger charge is 2.10. The van der Waals surface area contributed by atoms with Gasteiger partial charge < -0.3 is 4.90 Å². The lowest BCUT2D eigenvalue weighted by atomic mass is 10.2. The van der Waals surface area contributed by atoms with E-state index in [0.717, 1.165) is 22.0 Å². The van der Waals surface area contributed by atoms with E-state index < -0.39 is 0 Å². The van der Waals surface area contributed by atoms with Gasteiger partial charge >= 0.3 is 0 Å². The molecule has 0 heterocycles. The number of para-hydroxylation sites is 2. The number of anilines is 3. The molecule has 0 N–H and O–H groups in total. The standard InChI is InChI=1S/C18H14NS/c20-18-13-11-17(12-14-18)19(15-7-3-1-4-8-15)16-9-5-2-6-10-16/h1-14H. The zero-order valence-electron chi connectivity index (χ0n) is 10.9. The van der Waals surface area contributed by atoms with Crippen molar-refractivity contribution in [2.45, 2.75) is 4.90 Å². The molecule has 97 valence electrons. The quantitative estimate of drug-likeness (QED) is 0.592. The minimum absolute atomic E-state index is 0.856. The first-order valence-electron chi connectivity index (χ1n) is 6.52. The van der Waals surface area contributed by atoms with Crippen molar-refractivity contribution in [2.75, 3.05) is 4.90 Å². The summed E-state index contributed by atoms with van der Waals surface area (Å²) in [6.45, 7) is 0. The molecule has 3 aromatic carbocycles. The SMILES string of the molecule is [S]c1ccc(N(c2ccccc2)c2ccccc2)cc1. The fourth-order valence-corrected chi connectivity index (χ4v) is 2.33. The molecule has 0 aromatic heterocycles. The molecule has 0 saturated heterocycles. The highest BCUT2D eigenvalue weighted by Crippen LogP contribution is 2.34. The van der Waals surface area contributed by atoms with Crippen LogP contribution in [0.1, 0.15) is 0 Å². The van der Waals surface area contributed by atoms with Crippen molar-refractivity contribution < 1.29 is 0 Å². The summed E-state index contributed by atoms with van der Waals surface area (Å²) < 4.78 is 0. The number of rotatable bonds is 3. The summed E-state index contributed by atoms with van der Waals surface area (Å²) in [4.78, 5) is 3.07. The molecule has 3 aromatic rings. The molecular formula is C18H14NS. The molecule has 0 atom stereocenters. The maximum Gasteiger partial charge on any atom is 0.0462 e. The van der Waals surface area contributed by atoms with Crippen LogP contribution in [0.3, 0.4) is 0 Å². The van der Waals surface area contributed by atoms with Crippen molar-refractivity contribution in [3.63, 3.8) is 0 Å². The van der Waals surface area contributed by atoms with Crippen LogP contribution in [0.4, 0.5) is 17.1 Å². The number of benzene rings is 3. The second-order valence-electron chi connectivity index (χ2n) is 4.50. The fourth-order valence-electron chi connectivity index (χ4n) is 2.20. The second-order valence-corrected chi connectivity index (χ2v) is 4.97. The molecule has 20 heavy (non-hydrogen) atoms. The Morgan fingerprint density at radius 1 is 0.500 bits per heavy atom. The molecule has 0 bridgehead atoms. The third kappa shape index (κ3) is 2.65. The monoisotopic (exact) mass is 276 g/mol. The number of nitrogens with zero attached hydrogens (tertiary/aromatic N) is 1. The van der Waals surface area contributed by atoms with Gasteiger partial charge in [0.05, 0.1) is 0 Å². The van der Waals surface area contributed by atoms with Gasteiger partial charge in [-0.3, -0.25) is 0 Å². The zero-order chi connectivity index (χ0) is 13.8. The molecule has 0 saturated carbocycles. The van der Waals surface area contributed by atoms with Crippen LogP contribution >= 0.6 is 12.6 Å². The van der Waals surface area contributed by atoms with E-state index in [1.807, 2.05) is 48.5 Å². The van der Waals surface area contributed by atoms with E-state index in [0.29, 0.717) is 0 Å². The van der Waals surface area contributed by atoms with Crippen LogP contribution in [0.15, 0.2) is 89.8 Å². The van der Waals surface area contributed by atoms with Crippen LogP contribution in [0.2, 0.25) is 0 Å². The van der Waals surface area contributed by atoms with Crippen LogP contribution in [0, 0.1) is 0 Å². The summed E-state index contributed by atoms with van der Waals surface area (Å²) in [7, 11) is 0. The van der Waals surface area contributed by atoms with E-state index in [9.17, 15) is 0 Å². The van der Waals surface area contributed by atoms with Gasteiger partial charge in [-0.05, 0) is 48.5 Å². The highest BCUT2D eigenvalue weighted by atomic mass is 32.1. The van der Waals surface area contributed by atoms with Gasteiger partial charge in [-0.2, -0.15) is 0 Å². The third-order valence-corrected chi connectivity index (χ3v) is 3.40. The fraction of sp³-hybridized carbons (Fsp3) is 0. The van der Waals surface area contributed by atoms with Crippen LogP contribution in [0.5, 0.6) is 0 Å². The highest BCUT2D eigenvalue weighted by molar-refractivity contribution is 7.80. The molecule has 0 fully saturated rings. The minimum atomic E-state index is 0.856. The van der Waals surface area contributed by atoms with Crippen molar-refractivity contribution >= 4 is 29.7 Å². The summed E-state index contributed by atoms with van der Waals surface area (Å²) in [6.07, 6.45) is 0. The van der Waals surface area contributed by atoms with Crippen molar-refractivity contribution in [1.82, 2.24) is 0 Å². The van der Waals surface area contributed by atoms with E-state index in [1.165, 1.54) is 0 Å². The Morgan fingerprint density at radius 3 is 1.35 bits per heavy atom. The zero-order valence-corrected chi connectivity index (χ0v) is 11.8. The predicted molar refractivity (Wildman–Crippen MR) is 87.0 cm³/mol. The van der Waals surface area contributed by atoms with E-state index in [4.69, 9.17) is 12.6 Å². The average Bonchev–Trinajstić information content (AvgIpc) is 2.52. The lowest BCUT2D eigenvalue weighted by Gasteiger charge is -2.25. The maximum absolute atomic E-state index is 5.17. The first-order chi connectivity index (χ1) is 9.84. The molecule has 0 spiro atoms. The predicted octanol–water partition coefficient (Wildman–Crippen LogP) is 5.71. The Balaban J connectivity index is 2.11. The van der Waals surface area contributed by atoms with E-state index >= 15 is 0 Å². The summed E-state index contributed by atoms with van der Waals surface area (Å²) in [5, 5.41) is 0. The van der Waals surface area contributed by atoms with Gasteiger partial charge in [0.25, 0.3) is 0 Å². The Kier molecular flexibility index (Phi) is 3.66. The molecule has 0 unspecified atom stereocenters. The van der Waals surface area contributed by atoms with E-state index in [-0.39, 0.29) is 0 Å². The molecule has 1 nitrogen and oxygen atoms in total. The van der Waals surface area contributed by atoms with Gasteiger partial charge in [0.15, 0.2) is 0 Å². The summed E-state index contributed by atoms with van der Waals surface area (Å²) in [5.41, 5.74) is 3.38. The second kappa shape index (κ2) is 5.76. The molecule has 2 heteroatoms. The molecule has 0 aliphatic carbocycles. The van der Waals surface area contributed by atoms with E-state index in [2.05, 4.69) is 41.3 Å². The molecule has 0 aliphatic heterocycles. The van der Waals surface area contributed by atoms with Gasteiger partial charge in [-0.15, -0.1) is 0 Å². The summed E-state index contributed by atoms with van der Waals surface area (Å²) >= 11 is 5.17. The maximum atomic E-state index is 5.17. The Labute approximate surface area is 124 Å². The van der Waals surface area contributed by atoms with Crippen molar-refractivity contribution in [3.8, 4) is 0 Å². The minimum Gasteiger partial charge on any atom is -0.311 e. The van der Waals surface area contributed by atoms with Crippen molar-refractivity contribution in [1.29, 1.82) is 0 Å². The van der Waals surface area contributed by atoms with Gasteiger partial charge in [-0.25, -0.2) is 0 Å². The van der Waals surface area contributed by atoms with Gasteiger partial charge in [0, 0.05) is 22.0 Å². The first-order valence-corrected chi connectivity index (χ1v) is 6.93. The lowest BCUT2D eigenvalue weighted by Crippen LogP contribution is -2.09. The van der Waals surface area contributed by atoms with Crippen LogP contribution < -0.4 is 4.90 Å². The largest absolute Gasteiger partial charge is 0.311 e. The molecule has 0 aliphatic rings. The molecule has 1 radical (unpaired) electrons. The number of hydrogen-bond acceptors (Lipinski definition) is 1. The van der Waals surface area contributed by atoms with Crippen LogP contribution in [-0.4, -0.2) is 0 Å². The average molecular weight is 276 g/mol. The van der Waals surface area contributed by atoms with Gasteiger partial charge in [-0.1, -0.05) is 49.0 Å².